The first-order valence-corrected chi connectivity index (χ1v) is 5.97. The molecule has 0 unspecified atom stereocenters. The summed E-state index contributed by atoms with van der Waals surface area (Å²) in [5.41, 5.74) is 0. The lowest BCUT2D eigenvalue weighted by atomic mass is 10.3. The van der Waals surface area contributed by atoms with Gasteiger partial charge in [0, 0.05) is 0 Å². The molecule has 1 heterocycles. The summed E-state index contributed by atoms with van der Waals surface area (Å²) in [6.45, 7) is 0. The van der Waals surface area contributed by atoms with Gasteiger partial charge in [0.15, 0.2) is 5.16 Å². The number of ether oxygens (including phenoxy) is 2. The Kier molecular flexibility index (Phi) is 3.88. The second-order valence-electron chi connectivity index (χ2n) is 3.31. The SMILES string of the molecule is COc1cc(OC)nc(Sc2ccccc2O)n1. The van der Waals surface area contributed by atoms with Crippen molar-refractivity contribution in [2.75, 3.05) is 14.2 Å². The Hall–Kier alpha value is -1.95. The minimum atomic E-state index is 0.188. The molecule has 0 aliphatic heterocycles. The summed E-state index contributed by atoms with van der Waals surface area (Å²) < 4.78 is 10.1. The van der Waals surface area contributed by atoms with Crippen LogP contribution in [0.4, 0.5) is 0 Å². The van der Waals surface area contributed by atoms with Gasteiger partial charge in [-0.15, -0.1) is 0 Å². The van der Waals surface area contributed by atoms with Crippen molar-refractivity contribution < 1.29 is 14.6 Å². The molecule has 0 aliphatic carbocycles. The predicted octanol–water partition coefficient (Wildman–Crippen LogP) is 2.35. The number of hydrogen-bond acceptors (Lipinski definition) is 6. The van der Waals surface area contributed by atoms with Crippen LogP contribution in [-0.2, 0) is 0 Å². The fourth-order valence-corrected chi connectivity index (χ4v) is 2.07. The summed E-state index contributed by atoms with van der Waals surface area (Å²) in [5, 5.41) is 10.1. The molecule has 1 aromatic heterocycles. The van der Waals surface area contributed by atoms with Gasteiger partial charge < -0.3 is 14.6 Å². The first kappa shape index (κ1) is 12.5. The summed E-state index contributed by atoms with van der Waals surface area (Å²) in [5.74, 6) is 1.02. The van der Waals surface area contributed by atoms with Crippen LogP contribution in [-0.4, -0.2) is 29.3 Å². The van der Waals surface area contributed by atoms with Crippen molar-refractivity contribution >= 4 is 11.8 Å². The summed E-state index contributed by atoms with van der Waals surface area (Å²) in [7, 11) is 3.05. The molecule has 18 heavy (non-hydrogen) atoms. The summed E-state index contributed by atoms with van der Waals surface area (Å²) >= 11 is 1.24. The molecule has 1 aromatic carbocycles. The molecule has 6 heteroatoms. The largest absolute Gasteiger partial charge is 0.507 e. The highest BCUT2D eigenvalue weighted by atomic mass is 32.2. The van der Waals surface area contributed by atoms with Crippen molar-refractivity contribution in [2.45, 2.75) is 10.1 Å². The number of aromatic nitrogens is 2. The maximum absolute atomic E-state index is 9.69. The molecule has 0 bridgehead atoms. The first-order chi connectivity index (χ1) is 8.72. The van der Waals surface area contributed by atoms with E-state index in [1.807, 2.05) is 6.07 Å². The second-order valence-corrected chi connectivity index (χ2v) is 4.31. The lowest BCUT2D eigenvalue weighted by Crippen LogP contribution is -1.96. The van der Waals surface area contributed by atoms with Gasteiger partial charge in [-0.25, -0.2) is 0 Å². The van der Waals surface area contributed by atoms with Crippen molar-refractivity contribution in [2.24, 2.45) is 0 Å². The quantitative estimate of drug-likeness (QED) is 0.855. The molecule has 94 valence electrons. The molecule has 1 N–H and O–H groups in total. The molecule has 0 saturated carbocycles. The van der Waals surface area contributed by atoms with E-state index < -0.39 is 0 Å². The van der Waals surface area contributed by atoms with Gasteiger partial charge in [0.2, 0.25) is 11.8 Å². The van der Waals surface area contributed by atoms with E-state index in [1.165, 1.54) is 26.0 Å². The van der Waals surface area contributed by atoms with Gasteiger partial charge in [0.1, 0.15) is 5.75 Å². The number of rotatable bonds is 4. The third kappa shape index (κ3) is 2.84. The first-order valence-electron chi connectivity index (χ1n) is 5.16. The van der Waals surface area contributed by atoms with Gasteiger partial charge >= 0.3 is 0 Å². The van der Waals surface area contributed by atoms with Crippen molar-refractivity contribution in [1.29, 1.82) is 0 Å². The second kappa shape index (κ2) is 5.59. The van der Waals surface area contributed by atoms with E-state index in [1.54, 1.807) is 24.3 Å². The molecule has 0 radical (unpaired) electrons. The van der Waals surface area contributed by atoms with E-state index in [4.69, 9.17) is 9.47 Å². The van der Waals surface area contributed by atoms with Gasteiger partial charge in [-0.1, -0.05) is 12.1 Å². The maximum Gasteiger partial charge on any atom is 0.220 e. The zero-order chi connectivity index (χ0) is 13.0. The van der Waals surface area contributed by atoms with Crippen LogP contribution >= 0.6 is 11.8 Å². The molecule has 0 amide bonds. The van der Waals surface area contributed by atoms with E-state index in [-0.39, 0.29) is 5.75 Å². The zero-order valence-electron chi connectivity index (χ0n) is 9.95. The average molecular weight is 264 g/mol. The van der Waals surface area contributed by atoms with Crippen molar-refractivity contribution in [3.63, 3.8) is 0 Å². The molecular weight excluding hydrogens is 252 g/mol. The van der Waals surface area contributed by atoms with Gasteiger partial charge in [0.05, 0.1) is 25.2 Å². The molecule has 0 saturated heterocycles. The summed E-state index contributed by atoms with van der Waals surface area (Å²) in [4.78, 5) is 9.02. The lowest BCUT2D eigenvalue weighted by Gasteiger charge is -2.06. The molecule has 0 aliphatic rings. The third-order valence-electron chi connectivity index (χ3n) is 2.14. The van der Waals surface area contributed by atoms with Crippen LogP contribution in [0.5, 0.6) is 17.5 Å². The highest BCUT2D eigenvalue weighted by molar-refractivity contribution is 7.99. The number of aromatic hydroxyl groups is 1. The molecule has 0 fully saturated rings. The molecule has 2 rings (SSSR count). The predicted molar refractivity (Wildman–Crippen MR) is 67.4 cm³/mol. The maximum atomic E-state index is 9.69. The molecule has 0 spiro atoms. The number of hydrogen-bond donors (Lipinski definition) is 1. The number of methoxy groups -OCH3 is 2. The molecule has 0 atom stereocenters. The number of benzene rings is 1. The van der Waals surface area contributed by atoms with Gasteiger partial charge in [-0.05, 0) is 23.9 Å². The fourth-order valence-electron chi connectivity index (χ4n) is 1.28. The van der Waals surface area contributed by atoms with Gasteiger partial charge in [0.25, 0.3) is 0 Å². The van der Waals surface area contributed by atoms with Crippen molar-refractivity contribution in [3.05, 3.63) is 30.3 Å². The third-order valence-corrected chi connectivity index (χ3v) is 3.07. The van der Waals surface area contributed by atoms with Crippen LogP contribution < -0.4 is 9.47 Å². The van der Waals surface area contributed by atoms with Crippen LogP contribution in [0.2, 0.25) is 0 Å². The minimum absolute atomic E-state index is 0.188. The highest BCUT2D eigenvalue weighted by Crippen LogP contribution is 2.33. The van der Waals surface area contributed by atoms with Crippen LogP contribution in [0, 0.1) is 0 Å². The molecule has 2 aromatic rings. The highest BCUT2D eigenvalue weighted by Gasteiger charge is 2.09. The standard InChI is InChI=1S/C12H12N2O3S/c1-16-10-7-11(17-2)14-12(13-10)18-9-6-4-3-5-8(9)15/h3-7,15H,1-2H3. The van der Waals surface area contributed by atoms with Crippen LogP contribution in [0.3, 0.4) is 0 Å². The number of phenols is 1. The molecule has 5 nitrogen and oxygen atoms in total. The monoisotopic (exact) mass is 264 g/mol. The summed E-state index contributed by atoms with van der Waals surface area (Å²) in [6.07, 6.45) is 0. The van der Waals surface area contributed by atoms with E-state index in [0.29, 0.717) is 21.8 Å². The van der Waals surface area contributed by atoms with E-state index >= 15 is 0 Å². The minimum Gasteiger partial charge on any atom is -0.507 e. The zero-order valence-corrected chi connectivity index (χ0v) is 10.8. The fraction of sp³-hybridized carbons (Fsp3) is 0.167. The van der Waals surface area contributed by atoms with Gasteiger partial charge in [-0.3, -0.25) is 0 Å². The van der Waals surface area contributed by atoms with E-state index in [0.717, 1.165) is 0 Å². The van der Waals surface area contributed by atoms with Crippen molar-refractivity contribution in [3.8, 4) is 17.5 Å². The summed E-state index contributed by atoms with van der Waals surface area (Å²) in [6, 6.07) is 8.58. The molecular formula is C12H12N2O3S. The van der Waals surface area contributed by atoms with Gasteiger partial charge in [-0.2, -0.15) is 9.97 Å². The Morgan fingerprint density at radius 1 is 1.06 bits per heavy atom. The van der Waals surface area contributed by atoms with Crippen molar-refractivity contribution in [1.82, 2.24) is 9.97 Å². The number of nitrogens with zero attached hydrogens (tertiary/aromatic N) is 2. The lowest BCUT2D eigenvalue weighted by molar-refractivity contribution is 0.364. The Morgan fingerprint density at radius 3 is 2.22 bits per heavy atom. The topological polar surface area (TPSA) is 64.5 Å². The van der Waals surface area contributed by atoms with E-state index in [2.05, 4.69) is 9.97 Å². The number of phenolic OH excluding ortho intramolecular Hbond substituents is 1. The Morgan fingerprint density at radius 2 is 1.67 bits per heavy atom. The van der Waals surface area contributed by atoms with Crippen LogP contribution in [0.25, 0.3) is 0 Å². The van der Waals surface area contributed by atoms with Crippen LogP contribution in [0.15, 0.2) is 40.4 Å². The van der Waals surface area contributed by atoms with E-state index in [9.17, 15) is 5.11 Å². The van der Waals surface area contributed by atoms with Crippen LogP contribution in [0.1, 0.15) is 0 Å². The Labute approximate surface area is 109 Å². The normalized spacial score (nSPS) is 10.1. The number of para-hydroxylation sites is 1. The average Bonchev–Trinajstić information content (AvgIpc) is 2.41. The Balaban J connectivity index is 2.31. The Bertz CT molecular complexity index is 526. The smallest absolute Gasteiger partial charge is 0.220 e.